The van der Waals surface area contributed by atoms with Crippen LogP contribution in [0.5, 0.6) is 0 Å². The highest BCUT2D eigenvalue weighted by atomic mass is 35.5. The van der Waals surface area contributed by atoms with E-state index in [9.17, 15) is 14.4 Å². The van der Waals surface area contributed by atoms with Crippen molar-refractivity contribution < 1.29 is 9.59 Å². The monoisotopic (exact) mass is 619 g/mol. The Morgan fingerprint density at radius 1 is 0.907 bits per heavy atom. The van der Waals surface area contributed by atoms with Crippen LogP contribution in [-0.2, 0) is 6.54 Å². The molecule has 0 unspecified atom stereocenters. The number of nitrogens with zero attached hydrogens (tertiary/aromatic N) is 4. The number of rotatable bonds is 9. The van der Waals surface area contributed by atoms with Crippen molar-refractivity contribution in [2.24, 2.45) is 0 Å². The molecule has 4 aromatic rings. The number of benzene rings is 2. The number of pyridine rings is 1. The van der Waals surface area contributed by atoms with Crippen LogP contribution < -0.4 is 21.5 Å². The van der Waals surface area contributed by atoms with E-state index in [1.54, 1.807) is 13.0 Å². The third kappa shape index (κ3) is 7.40. The van der Waals surface area contributed by atoms with Gasteiger partial charge < -0.3 is 20.9 Å². The molecule has 2 aromatic heterocycles. The lowest BCUT2D eigenvalue weighted by Gasteiger charge is -2.15. The van der Waals surface area contributed by atoms with E-state index < -0.39 is 11.6 Å². The van der Waals surface area contributed by atoms with Gasteiger partial charge >= 0.3 is 6.03 Å². The first-order chi connectivity index (χ1) is 20.8. The van der Waals surface area contributed by atoms with Gasteiger partial charge in [-0.1, -0.05) is 53.5 Å². The number of aryl methyl sites for hydroxylation is 1. The third-order valence-corrected chi connectivity index (χ3v) is 7.72. The molecular weight excluding hydrogens is 589 g/mol. The van der Waals surface area contributed by atoms with E-state index in [-0.39, 0.29) is 27.3 Å². The third-order valence-electron chi connectivity index (χ3n) is 7.14. The minimum atomic E-state index is -0.698. The van der Waals surface area contributed by atoms with E-state index in [1.807, 2.05) is 42.5 Å². The first-order valence-electron chi connectivity index (χ1n) is 14.0. The number of halogens is 2. The molecule has 0 saturated carbocycles. The lowest BCUT2D eigenvalue weighted by atomic mass is 9.99. The molecule has 0 radical (unpaired) electrons. The molecule has 5 rings (SSSR count). The average molecular weight is 621 g/mol. The Balaban J connectivity index is 1.35. The Hall–Kier alpha value is -4.25. The number of carbonyl (C=O) groups is 2. The molecule has 0 spiro atoms. The number of amides is 3. The van der Waals surface area contributed by atoms with Gasteiger partial charge in [0.1, 0.15) is 5.69 Å². The molecule has 1 fully saturated rings. The topological polar surface area (TPSA) is 121 Å². The molecule has 3 N–H and O–H groups in total. The van der Waals surface area contributed by atoms with Crippen molar-refractivity contribution in [3.05, 3.63) is 93.0 Å². The highest BCUT2D eigenvalue weighted by Crippen LogP contribution is 2.29. The van der Waals surface area contributed by atoms with Crippen molar-refractivity contribution in [3.63, 3.8) is 0 Å². The van der Waals surface area contributed by atoms with Crippen LogP contribution in [0.15, 0.2) is 71.8 Å². The number of hydrogen-bond acceptors (Lipinski definition) is 6. The van der Waals surface area contributed by atoms with Crippen LogP contribution in [0.4, 0.5) is 16.2 Å². The van der Waals surface area contributed by atoms with Gasteiger partial charge in [-0.2, -0.15) is 5.10 Å². The zero-order valence-electron chi connectivity index (χ0n) is 23.6. The van der Waals surface area contributed by atoms with Crippen LogP contribution >= 0.6 is 23.2 Å². The van der Waals surface area contributed by atoms with Crippen molar-refractivity contribution in [2.75, 3.05) is 36.8 Å². The van der Waals surface area contributed by atoms with Crippen LogP contribution in [0.2, 0.25) is 10.0 Å². The molecule has 43 heavy (non-hydrogen) atoms. The Morgan fingerprint density at radius 2 is 1.58 bits per heavy atom. The minimum absolute atomic E-state index is 0.0312. The second-order valence-corrected chi connectivity index (χ2v) is 10.9. The predicted molar refractivity (Wildman–Crippen MR) is 170 cm³/mol. The van der Waals surface area contributed by atoms with Crippen LogP contribution in [-0.4, -0.2) is 57.8 Å². The fourth-order valence-corrected chi connectivity index (χ4v) is 5.38. The number of anilines is 2. The van der Waals surface area contributed by atoms with Crippen LogP contribution in [0, 0.1) is 0 Å². The molecule has 2 aromatic carbocycles. The maximum Gasteiger partial charge on any atom is 0.323 e. The SMILES string of the molecule is CCn1nc(-c2cccc(-c3cccc(C(=O)NCCN4CCCC4)c3)c2)cc(NC(=O)Nc2c(Cl)cncc2Cl)c1=O. The molecule has 1 aliphatic rings. The van der Waals surface area contributed by atoms with Crippen molar-refractivity contribution in [1.29, 1.82) is 0 Å². The van der Waals surface area contributed by atoms with Crippen molar-refractivity contribution in [2.45, 2.75) is 26.3 Å². The molecule has 222 valence electrons. The number of urea groups is 1. The molecule has 10 nitrogen and oxygen atoms in total. The average Bonchev–Trinajstić information content (AvgIpc) is 3.54. The zero-order chi connectivity index (χ0) is 30.3. The zero-order valence-corrected chi connectivity index (χ0v) is 25.1. The van der Waals surface area contributed by atoms with Crippen molar-refractivity contribution in [1.82, 2.24) is 25.0 Å². The largest absolute Gasteiger partial charge is 0.351 e. The lowest BCUT2D eigenvalue weighted by molar-refractivity contribution is 0.0949. The van der Waals surface area contributed by atoms with E-state index in [0.717, 1.165) is 36.3 Å². The van der Waals surface area contributed by atoms with E-state index in [2.05, 4.69) is 30.9 Å². The van der Waals surface area contributed by atoms with E-state index >= 15 is 0 Å². The summed E-state index contributed by atoms with van der Waals surface area (Å²) in [5, 5.41) is 13.0. The highest BCUT2D eigenvalue weighted by Gasteiger charge is 2.16. The molecular formula is C31H31Cl2N7O3. The van der Waals surface area contributed by atoms with Gasteiger partial charge in [0.15, 0.2) is 0 Å². The first-order valence-corrected chi connectivity index (χ1v) is 14.8. The van der Waals surface area contributed by atoms with Gasteiger partial charge in [0.2, 0.25) is 0 Å². The van der Waals surface area contributed by atoms with E-state index in [0.29, 0.717) is 24.3 Å². The molecule has 3 heterocycles. The van der Waals surface area contributed by atoms with Gasteiger partial charge in [0.05, 0.1) is 21.4 Å². The smallest absolute Gasteiger partial charge is 0.323 e. The van der Waals surface area contributed by atoms with E-state index in [1.165, 1.54) is 36.0 Å². The molecule has 1 saturated heterocycles. The van der Waals surface area contributed by atoms with Gasteiger partial charge in [-0.3, -0.25) is 14.6 Å². The molecule has 3 amide bonds. The quantitative estimate of drug-likeness (QED) is 0.219. The Morgan fingerprint density at radius 3 is 2.30 bits per heavy atom. The summed E-state index contributed by atoms with van der Waals surface area (Å²) in [4.78, 5) is 44.8. The van der Waals surface area contributed by atoms with Crippen molar-refractivity contribution in [3.8, 4) is 22.4 Å². The molecule has 0 atom stereocenters. The summed E-state index contributed by atoms with van der Waals surface area (Å²) in [6.07, 6.45) is 5.13. The number of likely N-dealkylation sites (tertiary alicyclic amines) is 1. The van der Waals surface area contributed by atoms with Gasteiger partial charge in [0.25, 0.3) is 11.5 Å². The minimum Gasteiger partial charge on any atom is -0.351 e. The van der Waals surface area contributed by atoms with Gasteiger partial charge in [-0.05, 0) is 68.2 Å². The lowest BCUT2D eigenvalue weighted by Crippen LogP contribution is -2.33. The van der Waals surface area contributed by atoms with Gasteiger partial charge in [0, 0.05) is 43.2 Å². The Bertz CT molecular complexity index is 1680. The first kappa shape index (κ1) is 30.2. The molecule has 0 bridgehead atoms. The molecule has 12 heteroatoms. The number of aromatic nitrogens is 3. The Kier molecular flexibility index (Phi) is 9.71. The van der Waals surface area contributed by atoms with E-state index in [4.69, 9.17) is 23.2 Å². The molecule has 0 aliphatic carbocycles. The summed E-state index contributed by atoms with van der Waals surface area (Å²) >= 11 is 12.2. The van der Waals surface area contributed by atoms with Crippen LogP contribution in [0.3, 0.4) is 0 Å². The summed E-state index contributed by atoms with van der Waals surface area (Å²) in [6.45, 7) is 5.72. The van der Waals surface area contributed by atoms with Crippen LogP contribution in [0.25, 0.3) is 22.4 Å². The second kappa shape index (κ2) is 13.8. The summed E-state index contributed by atoms with van der Waals surface area (Å²) < 4.78 is 1.27. The maximum absolute atomic E-state index is 13.0. The summed E-state index contributed by atoms with van der Waals surface area (Å²) in [5.41, 5.74) is 3.26. The fourth-order valence-electron chi connectivity index (χ4n) is 4.92. The normalized spacial score (nSPS) is 13.1. The second-order valence-electron chi connectivity index (χ2n) is 10.1. The maximum atomic E-state index is 13.0. The summed E-state index contributed by atoms with van der Waals surface area (Å²) in [7, 11) is 0. The van der Waals surface area contributed by atoms with Crippen LogP contribution in [0.1, 0.15) is 30.1 Å². The number of carbonyl (C=O) groups excluding carboxylic acids is 2. The Labute approximate surface area is 259 Å². The van der Waals surface area contributed by atoms with Gasteiger partial charge in [-0.25, -0.2) is 9.48 Å². The predicted octanol–water partition coefficient (Wildman–Crippen LogP) is 5.77. The molecule has 1 aliphatic heterocycles. The summed E-state index contributed by atoms with van der Waals surface area (Å²) in [6, 6.07) is 15.9. The standard InChI is InChI=1S/C31H31Cl2N7O3/c1-2-40-30(42)27(36-31(43)37-28-24(32)18-34-19-25(28)33)17-26(38-40)22-9-5-7-20(15-22)21-8-6-10-23(16-21)29(41)35-11-14-39-12-3-4-13-39/h5-10,15-19H,2-4,11-14H2,1H3,(H,35,41)(H2,34,36,37,43). The summed E-state index contributed by atoms with van der Waals surface area (Å²) in [5.74, 6) is -0.114. The fraction of sp³-hybridized carbons (Fsp3) is 0.258. The number of hydrogen-bond donors (Lipinski definition) is 3. The highest BCUT2D eigenvalue weighted by molar-refractivity contribution is 6.39. The van der Waals surface area contributed by atoms with Gasteiger partial charge in [-0.15, -0.1) is 0 Å². The number of nitrogens with one attached hydrogen (secondary N) is 3. The van der Waals surface area contributed by atoms with Crippen molar-refractivity contribution >= 4 is 46.5 Å².